The van der Waals surface area contributed by atoms with E-state index >= 15 is 0 Å². The van der Waals surface area contributed by atoms with Crippen LogP contribution in [0.15, 0.2) is 11.4 Å². The average Bonchev–Trinajstić information content (AvgIpc) is 2.85. The minimum atomic E-state index is -0.164. The van der Waals surface area contributed by atoms with Gasteiger partial charge in [0.05, 0.1) is 6.61 Å². The predicted octanol–water partition coefficient (Wildman–Crippen LogP) is 3.11. The van der Waals surface area contributed by atoms with Gasteiger partial charge in [-0.25, -0.2) is 4.79 Å². The number of thiophene rings is 1. The van der Waals surface area contributed by atoms with E-state index in [0.717, 1.165) is 32.5 Å². The normalized spacial score (nSPS) is 16.7. The smallest absolute Gasteiger partial charge is 0.409 e. The van der Waals surface area contributed by atoms with Gasteiger partial charge in [0.1, 0.15) is 0 Å². The molecule has 0 unspecified atom stereocenters. The van der Waals surface area contributed by atoms with Crippen molar-refractivity contribution in [2.75, 3.05) is 26.7 Å². The highest BCUT2D eigenvalue weighted by atomic mass is 32.1. The molecule has 5 heteroatoms. The molecule has 0 N–H and O–H groups in total. The minimum absolute atomic E-state index is 0.164. The number of likely N-dealkylation sites (tertiary alicyclic amines) is 1. The van der Waals surface area contributed by atoms with Gasteiger partial charge >= 0.3 is 6.09 Å². The molecule has 1 saturated heterocycles. The van der Waals surface area contributed by atoms with Gasteiger partial charge in [0, 0.05) is 30.6 Å². The van der Waals surface area contributed by atoms with E-state index in [1.165, 1.54) is 10.4 Å². The molecule has 0 aliphatic carbocycles. The van der Waals surface area contributed by atoms with E-state index in [2.05, 4.69) is 30.3 Å². The second-order valence-electron chi connectivity index (χ2n) is 5.36. The van der Waals surface area contributed by atoms with Crippen molar-refractivity contribution >= 4 is 17.4 Å². The lowest BCUT2D eigenvalue weighted by atomic mass is 10.0. The molecule has 1 aromatic heterocycles. The number of piperidine rings is 1. The van der Waals surface area contributed by atoms with Crippen LogP contribution in [0.4, 0.5) is 4.79 Å². The monoisotopic (exact) mass is 296 g/mol. The molecular formula is C15H24N2O2S. The summed E-state index contributed by atoms with van der Waals surface area (Å²) in [6.07, 6.45) is 1.89. The van der Waals surface area contributed by atoms with Crippen LogP contribution < -0.4 is 0 Å². The summed E-state index contributed by atoms with van der Waals surface area (Å²) in [5, 5.41) is 2.15. The second-order valence-corrected chi connectivity index (χ2v) is 6.36. The van der Waals surface area contributed by atoms with E-state index < -0.39 is 0 Å². The van der Waals surface area contributed by atoms with E-state index in [9.17, 15) is 4.79 Å². The van der Waals surface area contributed by atoms with Gasteiger partial charge in [-0.15, -0.1) is 11.3 Å². The summed E-state index contributed by atoms with van der Waals surface area (Å²) in [5.74, 6) is 0. The largest absolute Gasteiger partial charge is 0.450 e. The van der Waals surface area contributed by atoms with Crippen LogP contribution in [-0.2, 0) is 11.3 Å². The third-order valence-corrected chi connectivity index (χ3v) is 4.98. The summed E-state index contributed by atoms with van der Waals surface area (Å²) in [7, 11) is 2.18. The predicted molar refractivity (Wildman–Crippen MR) is 82.1 cm³/mol. The summed E-state index contributed by atoms with van der Waals surface area (Å²) in [6, 6.07) is 2.74. The molecule has 1 aromatic rings. The van der Waals surface area contributed by atoms with Crippen LogP contribution in [0.1, 0.15) is 30.2 Å². The Morgan fingerprint density at radius 2 is 2.20 bits per heavy atom. The SMILES string of the molecule is CCOC(=O)N1CCC(N(C)Cc2sccc2C)CC1. The lowest BCUT2D eigenvalue weighted by molar-refractivity contribution is 0.0796. The van der Waals surface area contributed by atoms with Crippen LogP contribution in [0, 0.1) is 6.92 Å². The van der Waals surface area contributed by atoms with Gasteiger partial charge in [-0.05, 0) is 50.7 Å². The van der Waals surface area contributed by atoms with Gasteiger partial charge in [0.25, 0.3) is 0 Å². The van der Waals surface area contributed by atoms with Crippen molar-refractivity contribution in [2.24, 2.45) is 0 Å². The van der Waals surface area contributed by atoms with Gasteiger partial charge in [0.15, 0.2) is 0 Å². The van der Waals surface area contributed by atoms with Crippen molar-refractivity contribution < 1.29 is 9.53 Å². The number of carbonyl (C=O) groups excluding carboxylic acids is 1. The molecule has 0 aromatic carbocycles. The maximum absolute atomic E-state index is 11.7. The van der Waals surface area contributed by atoms with Crippen LogP contribution in [0.2, 0.25) is 0 Å². The van der Waals surface area contributed by atoms with Crippen molar-refractivity contribution in [1.29, 1.82) is 0 Å². The lowest BCUT2D eigenvalue weighted by Gasteiger charge is -2.36. The van der Waals surface area contributed by atoms with Crippen molar-refractivity contribution in [3.63, 3.8) is 0 Å². The van der Waals surface area contributed by atoms with Crippen LogP contribution in [0.3, 0.4) is 0 Å². The Bertz CT molecular complexity index is 439. The van der Waals surface area contributed by atoms with E-state index in [-0.39, 0.29) is 6.09 Å². The molecular weight excluding hydrogens is 272 g/mol. The number of hydrogen-bond donors (Lipinski definition) is 0. The summed E-state index contributed by atoms with van der Waals surface area (Å²) in [6.45, 7) is 7.09. The fourth-order valence-electron chi connectivity index (χ4n) is 2.63. The molecule has 1 aliphatic heterocycles. The quantitative estimate of drug-likeness (QED) is 0.856. The molecule has 4 nitrogen and oxygen atoms in total. The molecule has 20 heavy (non-hydrogen) atoms. The van der Waals surface area contributed by atoms with Gasteiger partial charge < -0.3 is 9.64 Å². The zero-order valence-corrected chi connectivity index (χ0v) is 13.4. The highest BCUT2D eigenvalue weighted by molar-refractivity contribution is 7.10. The summed E-state index contributed by atoms with van der Waals surface area (Å²) in [5.41, 5.74) is 1.38. The molecule has 1 amide bonds. The summed E-state index contributed by atoms with van der Waals surface area (Å²) >= 11 is 1.83. The molecule has 0 spiro atoms. The lowest BCUT2D eigenvalue weighted by Crippen LogP contribution is -2.45. The Morgan fingerprint density at radius 3 is 2.75 bits per heavy atom. The van der Waals surface area contributed by atoms with Crippen LogP contribution >= 0.6 is 11.3 Å². The molecule has 0 saturated carbocycles. The van der Waals surface area contributed by atoms with Crippen molar-refractivity contribution in [2.45, 2.75) is 39.3 Å². The Hall–Kier alpha value is -1.07. The van der Waals surface area contributed by atoms with Crippen LogP contribution in [0.5, 0.6) is 0 Å². The topological polar surface area (TPSA) is 32.8 Å². The van der Waals surface area contributed by atoms with E-state index in [4.69, 9.17) is 4.74 Å². The number of carbonyl (C=O) groups is 1. The third-order valence-electron chi connectivity index (χ3n) is 3.98. The van der Waals surface area contributed by atoms with Gasteiger partial charge in [-0.2, -0.15) is 0 Å². The molecule has 2 rings (SSSR count). The number of amides is 1. The van der Waals surface area contributed by atoms with Crippen LogP contribution in [0.25, 0.3) is 0 Å². The first-order valence-corrected chi connectivity index (χ1v) is 8.14. The maximum atomic E-state index is 11.7. The first-order chi connectivity index (χ1) is 9.61. The number of nitrogens with zero attached hydrogens (tertiary/aromatic N) is 2. The standard InChI is InChI=1S/C15H24N2O2S/c1-4-19-15(18)17-8-5-13(6-9-17)16(3)11-14-12(2)7-10-20-14/h7,10,13H,4-6,8-9,11H2,1-3H3. The van der Waals surface area contributed by atoms with Crippen molar-refractivity contribution in [3.8, 4) is 0 Å². The number of ether oxygens (including phenoxy) is 1. The molecule has 1 fully saturated rings. The Morgan fingerprint density at radius 1 is 1.50 bits per heavy atom. The molecule has 0 bridgehead atoms. The first kappa shape index (κ1) is 15.3. The van der Waals surface area contributed by atoms with Crippen LogP contribution in [-0.4, -0.2) is 48.7 Å². The van der Waals surface area contributed by atoms with E-state index in [0.29, 0.717) is 12.6 Å². The molecule has 112 valence electrons. The fraction of sp³-hybridized carbons (Fsp3) is 0.667. The zero-order chi connectivity index (χ0) is 14.5. The summed E-state index contributed by atoms with van der Waals surface area (Å²) in [4.78, 5) is 17.4. The summed E-state index contributed by atoms with van der Waals surface area (Å²) < 4.78 is 5.05. The van der Waals surface area contributed by atoms with Gasteiger partial charge in [-0.3, -0.25) is 4.90 Å². The Kier molecular flexibility index (Phi) is 5.43. The minimum Gasteiger partial charge on any atom is -0.450 e. The number of aryl methyl sites for hydroxylation is 1. The van der Waals surface area contributed by atoms with Crippen molar-refractivity contribution in [1.82, 2.24) is 9.80 Å². The van der Waals surface area contributed by atoms with Gasteiger partial charge in [0.2, 0.25) is 0 Å². The third kappa shape index (κ3) is 3.73. The Labute approximate surface area is 125 Å². The number of hydrogen-bond acceptors (Lipinski definition) is 4. The highest BCUT2D eigenvalue weighted by Gasteiger charge is 2.26. The van der Waals surface area contributed by atoms with Gasteiger partial charge in [-0.1, -0.05) is 0 Å². The fourth-order valence-corrected chi connectivity index (χ4v) is 3.59. The Balaban J connectivity index is 1.81. The average molecular weight is 296 g/mol. The zero-order valence-electron chi connectivity index (χ0n) is 12.6. The van der Waals surface area contributed by atoms with E-state index in [1.807, 2.05) is 23.2 Å². The molecule has 0 atom stereocenters. The molecule has 1 aliphatic rings. The van der Waals surface area contributed by atoms with Crippen molar-refractivity contribution in [3.05, 3.63) is 21.9 Å². The molecule has 0 radical (unpaired) electrons. The molecule has 2 heterocycles. The van der Waals surface area contributed by atoms with E-state index in [1.54, 1.807) is 0 Å². The maximum Gasteiger partial charge on any atom is 0.409 e. The highest BCUT2D eigenvalue weighted by Crippen LogP contribution is 2.22. The number of rotatable bonds is 4. The second kappa shape index (κ2) is 7.09. The first-order valence-electron chi connectivity index (χ1n) is 7.26.